The maximum Gasteiger partial charge on any atom is 0.258 e. The third kappa shape index (κ3) is 4.14. The van der Waals surface area contributed by atoms with Crippen LogP contribution in [0.25, 0.3) is 0 Å². The summed E-state index contributed by atoms with van der Waals surface area (Å²) in [6.45, 7) is 3.91. The number of carbonyl (C=O) groups is 1. The highest BCUT2D eigenvalue weighted by molar-refractivity contribution is 5.77. The molecule has 4 heteroatoms. The molecule has 16 heavy (non-hydrogen) atoms. The van der Waals surface area contributed by atoms with Crippen LogP contribution in [-0.4, -0.2) is 24.2 Å². The maximum atomic E-state index is 11.2. The minimum atomic E-state index is -0.189. The minimum absolute atomic E-state index is 0.000100. The monoisotopic (exact) mass is 221 g/mol. The van der Waals surface area contributed by atoms with Gasteiger partial charge in [0.15, 0.2) is 6.61 Å². The first-order chi connectivity index (χ1) is 7.76. The van der Waals surface area contributed by atoms with Crippen LogP contribution in [0.4, 0.5) is 0 Å². The molecule has 0 unspecified atom stereocenters. The summed E-state index contributed by atoms with van der Waals surface area (Å²) >= 11 is 0. The smallest absolute Gasteiger partial charge is 0.258 e. The van der Waals surface area contributed by atoms with Crippen molar-refractivity contribution in [2.75, 3.05) is 13.2 Å². The first-order valence-electron chi connectivity index (χ1n) is 4.96. The first kappa shape index (κ1) is 12.3. The normalized spacial score (nSPS) is 9.56. The van der Waals surface area contributed by atoms with Crippen LogP contribution in [0.1, 0.15) is 5.56 Å². The van der Waals surface area contributed by atoms with E-state index in [2.05, 4.69) is 11.9 Å². The van der Waals surface area contributed by atoms with Gasteiger partial charge in [0.25, 0.3) is 5.91 Å². The molecule has 0 aliphatic carbocycles. The molecule has 0 saturated heterocycles. The lowest BCUT2D eigenvalue weighted by molar-refractivity contribution is -0.122. The number of nitrogens with one attached hydrogen (secondary N) is 1. The van der Waals surface area contributed by atoms with Gasteiger partial charge in [-0.25, -0.2) is 0 Å². The number of benzene rings is 1. The zero-order valence-electron chi connectivity index (χ0n) is 8.98. The van der Waals surface area contributed by atoms with Gasteiger partial charge in [0, 0.05) is 6.54 Å². The second-order valence-electron chi connectivity index (χ2n) is 3.18. The van der Waals surface area contributed by atoms with E-state index >= 15 is 0 Å². The number of ether oxygens (including phenoxy) is 1. The van der Waals surface area contributed by atoms with Crippen molar-refractivity contribution >= 4 is 5.91 Å². The van der Waals surface area contributed by atoms with Gasteiger partial charge < -0.3 is 15.2 Å². The first-order valence-corrected chi connectivity index (χ1v) is 4.96. The number of amides is 1. The molecule has 86 valence electrons. The Kier molecular flexibility index (Phi) is 5.08. The molecule has 0 spiro atoms. The van der Waals surface area contributed by atoms with E-state index in [-0.39, 0.29) is 19.1 Å². The van der Waals surface area contributed by atoms with E-state index in [1.165, 1.54) is 0 Å². The largest absolute Gasteiger partial charge is 0.484 e. The van der Waals surface area contributed by atoms with Crippen LogP contribution in [0.5, 0.6) is 5.75 Å². The lowest BCUT2D eigenvalue weighted by Gasteiger charge is -2.06. The molecule has 0 aliphatic rings. The summed E-state index contributed by atoms with van der Waals surface area (Å²) in [4.78, 5) is 11.2. The standard InChI is InChI=1S/C12H15NO3/c1-2-7-13-12(15)9-16-11-5-3-10(8-14)4-6-11/h2-6,14H,1,7-9H2,(H,13,15). The van der Waals surface area contributed by atoms with E-state index in [0.717, 1.165) is 5.56 Å². The Labute approximate surface area is 94.6 Å². The zero-order chi connectivity index (χ0) is 11.8. The Hall–Kier alpha value is -1.81. The maximum absolute atomic E-state index is 11.2. The third-order valence-electron chi connectivity index (χ3n) is 1.92. The number of hydrogen-bond acceptors (Lipinski definition) is 3. The summed E-state index contributed by atoms with van der Waals surface area (Å²) in [6.07, 6.45) is 1.61. The summed E-state index contributed by atoms with van der Waals surface area (Å²) in [7, 11) is 0. The molecule has 1 aromatic rings. The quantitative estimate of drug-likeness (QED) is 0.700. The molecule has 1 amide bonds. The van der Waals surface area contributed by atoms with Crippen molar-refractivity contribution in [1.29, 1.82) is 0 Å². The zero-order valence-corrected chi connectivity index (χ0v) is 8.98. The van der Waals surface area contributed by atoms with Crippen LogP contribution in [0, 0.1) is 0 Å². The summed E-state index contributed by atoms with van der Waals surface area (Å²) in [5.41, 5.74) is 0.809. The molecule has 2 N–H and O–H groups in total. The Morgan fingerprint density at radius 3 is 2.69 bits per heavy atom. The Morgan fingerprint density at radius 2 is 2.12 bits per heavy atom. The van der Waals surface area contributed by atoms with Crippen molar-refractivity contribution in [2.24, 2.45) is 0 Å². The van der Waals surface area contributed by atoms with E-state index in [4.69, 9.17) is 9.84 Å². The predicted octanol–water partition coefficient (Wildman–Crippen LogP) is 0.860. The van der Waals surface area contributed by atoms with Crippen molar-refractivity contribution in [3.8, 4) is 5.75 Å². The fourth-order valence-corrected chi connectivity index (χ4v) is 1.08. The average Bonchev–Trinajstić information content (AvgIpc) is 2.34. The van der Waals surface area contributed by atoms with Crippen molar-refractivity contribution in [3.63, 3.8) is 0 Å². The fraction of sp³-hybridized carbons (Fsp3) is 0.250. The van der Waals surface area contributed by atoms with Crippen molar-refractivity contribution < 1.29 is 14.6 Å². The molecule has 1 aromatic carbocycles. The van der Waals surface area contributed by atoms with Gasteiger partial charge in [0.05, 0.1) is 6.61 Å². The summed E-state index contributed by atoms with van der Waals surface area (Å²) in [5.74, 6) is 0.414. The van der Waals surface area contributed by atoms with Gasteiger partial charge in [-0.3, -0.25) is 4.79 Å². The van der Waals surface area contributed by atoms with Crippen molar-refractivity contribution in [2.45, 2.75) is 6.61 Å². The number of aliphatic hydroxyl groups is 1. The second-order valence-corrected chi connectivity index (χ2v) is 3.18. The molecule has 0 fully saturated rings. The second kappa shape index (κ2) is 6.63. The summed E-state index contributed by atoms with van der Waals surface area (Å²) in [6, 6.07) is 6.92. The van der Waals surface area contributed by atoms with E-state index in [0.29, 0.717) is 12.3 Å². The Balaban J connectivity index is 2.36. The topological polar surface area (TPSA) is 58.6 Å². The third-order valence-corrected chi connectivity index (χ3v) is 1.92. The van der Waals surface area contributed by atoms with Gasteiger partial charge in [-0.15, -0.1) is 6.58 Å². The molecule has 0 bridgehead atoms. The van der Waals surface area contributed by atoms with E-state index in [1.807, 2.05) is 0 Å². The number of aliphatic hydroxyl groups excluding tert-OH is 1. The highest BCUT2D eigenvalue weighted by Gasteiger charge is 2.00. The van der Waals surface area contributed by atoms with Gasteiger partial charge in [-0.1, -0.05) is 18.2 Å². The fourth-order valence-electron chi connectivity index (χ4n) is 1.08. The number of rotatable bonds is 6. The molecule has 0 radical (unpaired) electrons. The Bertz CT molecular complexity index is 346. The summed E-state index contributed by atoms with van der Waals surface area (Å²) in [5, 5.41) is 11.4. The molecule has 0 aliphatic heterocycles. The number of carbonyl (C=O) groups excluding carboxylic acids is 1. The van der Waals surface area contributed by atoms with E-state index < -0.39 is 0 Å². The molecular weight excluding hydrogens is 206 g/mol. The highest BCUT2D eigenvalue weighted by atomic mass is 16.5. The van der Waals surface area contributed by atoms with Crippen LogP contribution < -0.4 is 10.1 Å². The molecule has 0 heterocycles. The minimum Gasteiger partial charge on any atom is -0.484 e. The molecule has 0 saturated carbocycles. The van der Waals surface area contributed by atoms with Gasteiger partial charge in [0.1, 0.15) is 5.75 Å². The van der Waals surface area contributed by atoms with Crippen LogP contribution in [0.15, 0.2) is 36.9 Å². The SMILES string of the molecule is C=CCNC(=O)COc1ccc(CO)cc1. The predicted molar refractivity (Wildman–Crippen MR) is 61.1 cm³/mol. The van der Waals surface area contributed by atoms with Gasteiger partial charge in [-0.05, 0) is 17.7 Å². The Morgan fingerprint density at radius 1 is 1.44 bits per heavy atom. The lowest BCUT2D eigenvalue weighted by atomic mass is 10.2. The average molecular weight is 221 g/mol. The van der Waals surface area contributed by atoms with Crippen LogP contribution >= 0.6 is 0 Å². The van der Waals surface area contributed by atoms with Crippen LogP contribution in [0.2, 0.25) is 0 Å². The van der Waals surface area contributed by atoms with Crippen molar-refractivity contribution in [1.82, 2.24) is 5.32 Å². The molecule has 0 aromatic heterocycles. The van der Waals surface area contributed by atoms with Crippen LogP contribution in [-0.2, 0) is 11.4 Å². The van der Waals surface area contributed by atoms with E-state index in [9.17, 15) is 4.79 Å². The highest BCUT2D eigenvalue weighted by Crippen LogP contribution is 2.11. The van der Waals surface area contributed by atoms with Gasteiger partial charge in [0.2, 0.25) is 0 Å². The van der Waals surface area contributed by atoms with Gasteiger partial charge in [-0.2, -0.15) is 0 Å². The summed E-state index contributed by atoms with van der Waals surface area (Å²) < 4.78 is 5.24. The van der Waals surface area contributed by atoms with Gasteiger partial charge >= 0.3 is 0 Å². The lowest BCUT2D eigenvalue weighted by Crippen LogP contribution is -2.28. The van der Waals surface area contributed by atoms with Crippen molar-refractivity contribution in [3.05, 3.63) is 42.5 Å². The van der Waals surface area contributed by atoms with E-state index in [1.54, 1.807) is 30.3 Å². The molecule has 0 atom stereocenters. The number of hydrogen-bond donors (Lipinski definition) is 2. The van der Waals surface area contributed by atoms with Crippen LogP contribution in [0.3, 0.4) is 0 Å². The molecule has 4 nitrogen and oxygen atoms in total. The molecule has 1 rings (SSSR count). The molecular formula is C12H15NO3.